The number of ether oxygens (including phenoxy) is 1. The number of phenolic OH excluding ortho intramolecular Hbond substituents is 1. The van der Waals surface area contributed by atoms with Gasteiger partial charge in [0.1, 0.15) is 23.8 Å². The van der Waals surface area contributed by atoms with E-state index in [0.29, 0.717) is 5.75 Å². The van der Waals surface area contributed by atoms with Crippen molar-refractivity contribution >= 4 is 0 Å². The first-order chi connectivity index (χ1) is 15.6. The zero-order chi connectivity index (χ0) is 24.6. The first-order valence-electron chi connectivity index (χ1n) is 12.7. The fourth-order valence-corrected chi connectivity index (χ4v) is 4.64. The van der Waals surface area contributed by atoms with E-state index in [1.54, 1.807) is 0 Å². The van der Waals surface area contributed by atoms with Crippen LogP contribution in [0, 0.1) is 20.8 Å². The molecule has 0 saturated carbocycles. The van der Waals surface area contributed by atoms with E-state index >= 15 is 0 Å². The summed E-state index contributed by atoms with van der Waals surface area (Å²) < 4.78 is 19.3. The summed E-state index contributed by atoms with van der Waals surface area (Å²) in [5, 5.41) is 10.4. The Bertz CT molecular complexity index is 901. The summed E-state index contributed by atoms with van der Waals surface area (Å²) in [7, 11) is 0. The second-order valence-electron chi connectivity index (χ2n) is 10.1. The third-order valence-corrected chi connectivity index (χ3v) is 7.39. The number of halogens is 1. The van der Waals surface area contributed by atoms with E-state index in [-0.39, 0.29) is 12.3 Å². The molecule has 0 radical (unpaired) electrons. The summed E-state index contributed by atoms with van der Waals surface area (Å²) in [5.74, 6) is 1.41. The van der Waals surface area contributed by atoms with Crippen molar-refractivity contribution < 1.29 is 14.2 Å². The molecule has 33 heavy (non-hydrogen) atoms. The molecule has 0 amide bonds. The van der Waals surface area contributed by atoms with E-state index in [2.05, 4.69) is 45.9 Å². The van der Waals surface area contributed by atoms with Crippen LogP contribution in [-0.4, -0.2) is 17.4 Å². The molecule has 0 unspecified atom stereocenters. The molecule has 0 saturated heterocycles. The van der Waals surface area contributed by atoms with Gasteiger partial charge >= 0.3 is 0 Å². The number of benzene rings is 1. The number of hydrogen-bond acceptors (Lipinski definition) is 2. The third-order valence-electron chi connectivity index (χ3n) is 7.39. The van der Waals surface area contributed by atoms with Gasteiger partial charge in [-0.3, -0.25) is 0 Å². The van der Waals surface area contributed by atoms with Crippen LogP contribution in [-0.2, 0) is 6.42 Å². The zero-order valence-corrected chi connectivity index (χ0v) is 22.0. The largest absolute Gasteiger partial charge is 0.507 e. The van der Waals surface area contributed by atoms with Crippen LogP contribution in [0.2, 0.25) is 0 Å². The highest BCUT2D eigenvalue weighted by Gasteiger charge is 2.33. The lowest BCUT2D eigenvalue weighted by atomic mass is 9.85. The normalized spacial score (nSPS) is 19.5. The minimum absolute atomic E-state index is 0.161. The Morgan fingerprint density at radius 1 is 0.970 bits per heavy atom. The average Bonchev–Trinajstić information content (AvgIpc) is 2.79. The molecule has 2 nitrogen and oxygen atoms in total. The molecule has 1 aliphatic heterocycles. The van der Waals surface area contributed by atoms with Gasteiger partial charge in [0.15, 0.2) is 0 Å². The van der Waals surface area contributed by atoms with Gasteiger partial charge in [0.25, 0.3) is 0 Å². The van der Waals surface area contributed by atoms with E-state index < -0.39 is 0 Å². The van der Waals surface area contributed by atoms with E-state index in [0.717, 1.165) is 85.8 Å². The monoisotopic (exact) mass is 456 g/mol. The summed E-state index contributed by atoms with van der Waals surface area (Å²) in [6.07, 6.45) is 15.6. The molecule has 0 fully saturated rings. The molecule has 0 spiro atoms. The molecule has 1 aliphatic rings. The Morgan fingerprint density at radius 3 is 2.18 bits per heavy atom. The average molecular weight is 457 g/mol. The topological polar surface area (TPSA) is 29.5 Å². The highest BCUT2D eigenvalue weighted by Crippen LogP contribution is 2.44. The van der Waals surface area contributed by atoms with E-state index in [4.69, 9.17) is 4.74 Å². The number of hydrogen-bond donors (Lipinski definition) is 1. The minimum atomic E-state index is -0.317. The smallest absolute Gasteiger partial charge is 0.127 e. The lowest BCUT2D eigenvalue weighted by Crippen LogP contribution is -2.37. The third kappa shape index (κ3) is 7.48. The second-order valence-corrected chi connectivity index (χ2v) is 10.1. The molecular weight excluding hydrogens is 411 g/mol. The van der Waals surface area contributed by atoms with Crippen molar-refractivity contribution in [1.29, 1.82) is 0 Å². The van der Waals surface area contributed by atoms with E-state index in [1.807, 2.05) is 20.8 Å². The summed E-state index contributed by atoms with van der Waals surface area (Å²) in [5.41, 5.74) is 7.72. The Balaban J connectivity index is 1.84. The Kier molecular flexibility index (Phi) is 10.3. The van der Waals surface area contributed by atoms with Gasteiger partial charge in [0.2, 0.25) is 0 Å². The first-order valence-corrected chi connectivity index (χ1v) is 12.7. The minimum Gasteiger partial charge on any atom is -0.507 e. The van der Waals surface area contributed by atoms with Crippen molar-refractivity contribution in [1.82, 2.24) is 0 Å². The molecule has 2 rings (SSSR count). The first kappa shape index (κ1) is 27.2. The number of alkyl halides is 1. The van der Waals surface area contributed by atoms with Crippen LogP contribution in [0.4, 0.5) is 4.39 Å². The maximum absolute atomic E-state index is 12.7. The van der Waals surface area contributed by atoms with Crippen LogP contribution in [0.25, 0.3) is 0 Å². The molecule has 1 heterocycles. The highest BCUT2D eigenvalue weighted by molar-refractivity contribution is 5.58. The summed E-state index contributed by atoms with van der Waals surface area (Å²) >= 11 is 0. The second kappa shape index (κ2) is 12.4. The molecule has 0 aromatic heterocycles. The summed E-state index contributed by atoms with van der Waals surface area (Å²) in [6, 6.07) is 0. The van der Waals surface area contributed by atoms with Gasteiger partial charge in [-0.1, -0.05) is 36.3 Å². The molecule has 1 N–H and O–H groups in total. The van der Waals surface area contributed by atoms with Crippen molar-refractivity contribution in [2.24, 2.45) is 0 Å². The molecule has 1 atom stereocenters. The van der Waals surface area contributed by atoms with Crippen LogP contribution >= 0.6 is 0 Å². The molecule has 184 valence electrons. The van der Waals surface area contributed by atoms with Gasteiger partial charge in [0.05, 0.1) is 0 Å². The number of allylic oxidation sites excluding steroid dienone is 6. The van der Waals surface area contributed by atoms with Crippen molar-refractivity contribution in [3.05, 3.63) is 57.2 Å². The molecule has 1 aromatic rings. The van der Waals surface area contributed by atoms with Crippen LogP contribution in [0.3, 0.4) is 0 Å². The number of fused-ring (bicyclic) bond motifs is 1. The fraction of sp³-hybridized carbons (Fsp3) is 0.600. The standard InChI is InChI=1S/C30H45FO2/c1-8-26(20-31)16-10-14-21(2)12-9-13-22(3)15-11-18-30(7)19-17-27-25(6)28(32)23(4)24(5)29(27)33-30/h12,15-16,32H,8-11,13-14,17-20H2,1-7H3/b21-12+,22-15+,26-16-/t30-/m1/s1. The number of rotatable bonds is 11. The quantitative estimate of drug-likeness (QED) is 0.337. The molecule has 0 bridgehead atoms. The molecule has 0 aliphatic carbocycles. The number of aromatic hydroxyl groups is 1. The van der Waals surface area contributed by atoms with Crippen LogP contribution in [0.5, 0.6) is 11.5 Å². The Hall–Kier alpha value is -2.03. The van der Waals surface area contributed by atoms with Gasteiger partial charge in [-0.25, -0.2) is 4.39 Å². The molecule has 3 heteroatoms. The Labute approximate surface area is 201 Å². The van der Waals surface area contributed by atoms with Crippen LogP contribution in [0.1, 0.15) is 101 Å². The van der Waals surface area contributed by atoms with Gasteiger partial charge in [-0.2, -0.15) is 0 Å². The van der Waals surface area contributed by atoms with E-state index in [9.17, 15) is 9.50 Å². The summed E-state index contributed by atoms with van der Waals surface area (Å²) in [4.78, 5) is 0. The van der Waals surface area contributed by atoms with Crippen molar-refractivity contribution in [3.63, 3.8) is 0 Å². The zero-order valence-electron chi connectivity index (χ0n) is 22.0. The fourth-order valence-electron chi connectivity index (χ4n) is 4.64. The lowest BCUT2D eigenvalue weighted by Gasteiger charge is -2.38. The van der Waals surface area contributed by atoms with Crippen molar-refractivity contribution in [2.75, 3.05) is 6.67 Å². The molecule has 1 aromatic carbocycles. The van der Waals surface area contributed by atoms with Crippen molar-refractivity contribution in [2.45, 2.75) is 112 Å². The van der Waals surface area contributed by atoms with Crippen molar-refractivity contribution in [3.8, 4) is 11.5 Å². The predicted molar refractivity (Wildman–Crippen MR) is 139 cm³/mol. The van der Waals surface area contributed by atoms with Crippen LogP contribution in [0.15, 0.2) is 34.9 Å². The van der Waals surface area contributed by atoms with Gasteiger partial charge in [-0.15, -0.1) is 0 Å². The molecular formula is C30H45FO2. The van der Waals surface area contributed by atoms with Crippen LogP contribution < -0.4 is 4.74 Å². The highest BCUT2D eigenvalue weighted by atomic mass is 19.1. The number of phenols is 1. The van der Waals surface area contributed by atoms with Gasteiger partial charge in [0, 0.05) is 5.56 Å². The van der Waals surface area contributed by atoms with Gasteiger partial charge in [-0.05, 0) is 122 Å². The lowest BCUT2D eigenvalue weighted by molar-refractivity contribution is 0.0558. The maximum atomic E-state index is 12.7. The summed E-state index contributed by atoms with van der Waals surface area (Å²) in [6.45, 7) is 14.3. The van der Waals surface area contributed by atoms with E-state index in [1.165, 1.54) is 16.7 Å². The maximum Gasteiger partial charge on any atom is 0.127 e. The predicted octanol–water partition coefficient (Wildman–Crippen LogP) is 8.94. The SMILES string of the molecule is CC/C(=C/CC/C(C)=C/CC/C(C)=C/CC[C@]1(C)CCc2c(C)c(O)c(C)c(C)c2O1)CF. The Morgan fingerprint density at radius 2 is 1.58 bits per heavy atom. The van der Waals surface area contributed by atoms with Gasteiger partial charge < -0.3 is 9.84 Å².